The van der Waals surface area contributed by atoms with Gasteiger partial charge < -0.3 is 5.73 Å². The number of benzene rings is 2. The minimum Gasteiger partial charge on any atom is -0.366 e. The van der Waals surface area contributed by atoms with Gasteiger partial charge >= 0.3 is 0 Å². The Balaban J connectivity index is 1.97. The summed E-state index contributed by atoms with van der Waals surface area (Å²) in [6, 6.07) is 13.5. The molecule has 5 nitrogen and oxygen atoms in total. The lowest BCUT2D eigenvalue weighted by Crippen LogP contribution is -2.47. The molecule has 138 valence electrons. The Labute approximate surface area is 162 Å². The molecule has 7 heteroatoms. The number of hydrogen-bond donors (Lipinski definition) is 2. The van der Waals surface area contributed by atoms with Gasteiger partial charge in [0.25, 0.3) is 0 Å². The average molecular weight is 437 g/mol. The van der Waals surface area contributed by atoms with E-state index in [-0.39, 0.29) is 10.5 Å². The summed E-state index contributed by atoms with van der Waals surface area (Å²) < 4.78 is 29.9. The van der Waals surface area contributed by atoms with Crippen molar-refractivity contribution in [3.05, 3.63) is 64.1 Å². The second-order valence-corrected chi connectivity index (χ2v) is 9.25. The second-order valence-electron chi connectivity index (χ2n) is 6.65. The molecule has 0 aromatic heterocycles. The van der Waals surface area contributed by atoms with Crippen molar-refractivity contribution in [2.24, 2.45) is 5.73 Å². The van der Waals surface area contributed by atoms with Crippen LogP contribution >= 0.6 is 15.9 Å². The van der Waals surface area contributed by atoms with E-state index in [9.17, 15) is 13.2 Å². The molecule has 3 rings (SSSR count). The normalized spacial score (nSPS) is 17.0. The van der Waals surface area contributed by atoms with Crippen molar-refractivity contribution in [1.29, 1.82) is 0 Å². The van der Waals surface area contributed by atoms with Crippen molar-refractivity contribution in [1.82, 2.24) is 4.72 Å². The van der Waals surface area contributed by atoms with E-state index in [1.807, 2.05) is 24.3 Å². The molecule has 1 saturated carbocycles. The SMILES string of the molecule is NC(=O)c1ccc(S(=O)(=O)NC2(c3cccc(Br)c3)CCCCC2)cc1. The predicted octanol–water partition coefficient (Wildman–Crippen LogP) is 3.69. The predicted molar refractivity (Wildman–Crippen MR) is 104 cm³/mol. The molecule has 2 aromatic rings. The minimum atomic E-state index is -3.74. The highest BCUT2D eigenvalue weighted by Crippen LogP contribution is 2.39. The molecule has 1 aliphatic carbocycles. The molecule has 0 radical (unpaired) electrons. The van der Waals surface area contributed by atoms with E-state index < -0.39 is 21.5 Å². The molecular formula is C19H21BrN2O3S. The van der Waals surface area contributed by atoms with Crippen LogP contribution in [-0.2, 0) is 15.6 Å². The summed E-state index contributed by atoms with van der Waals surface area (Å²) >= 11 is 3.48. The van der Waals surface area contributed by atoms with E-state index in [4.69, 9.17) is 5.73 Å². The van der Waals surface area contributed by atoms with Gasteiger partial charge in [-0.3, -0.25) is 4.79 Å². The number of sulfonamides is 1. The topological polar surface area (TPSA) is 89.3 Å². The maximum atomic E-state index is 13.0. The molecule has 26 heavy (non-hydrogen) atoms. The highest BCUT2D eigenvalue weighted by molar-refractivity contribution is 9.10. The molecule has 1 fully saturated rings. The Hall–Kier alpha value is -1.70. The molecule has 2 aromatic carbocycles. The van der Waals surface area contributed by atoms with Crippen LogP contribution in [0.4, 0.5) is 0 Å². The molecule has 0 saturated heterocycles. The smallest absolute Gasteiger partial charge is 0.248 e. The lowest BCUT2D eigenvalue weighted by Gasteiger charge is -2.38. The molecule has 0 unspecified atom stereocenters. The van der Waals surface area contributed by atoms with E-state index >= 15 is 0 Å². The van der Waals surface area contributed by atoms with Crippen LogP contribution in [0.2, 0.25) is 0 Å². The largest absolute Gasteiger partial charge is 0.366 e. The molecule has 1 amide bonds. The number of hydrogen-bond acceptors (Lipinski definition) is 3. The fraction of sp³-hybridized carbons (Fsp3) is 0.316. The minimum absolute atomic E-state index is 0.127. The Morgan fingerprint density at radius 2 is 1.69 bits per heavy atom. The second kappa shape index (κ2) is 7.50. The summed E-state index contributed by atoms with van der Waals surface area (Å²) in [6.07, 6.45) is 4.54. The van der Waals surface area contributed by atoms with E-state index in [1.165, 1.54) is 24.3 Å². The third-order valence-corrected chi connectivity index (χ3v) is 6.91. The van der Waals surface area contributed by atoms with Crippen molar-refractivity contribution in [2.45, 2.75) is 42.5 Å². The highest BCUT2D eigenvalue weighted by atomic mass is 79.9. The van der Waals surface area contributed by atoms with Crippen LogP contribution in [0.1, 0.15) is 48.0 Å². The van der Waals surface area contributed by atoms with Crippen molar-refractivity contribution >= 4 is 31.9 Å². The number of carbonyl (C=O) groups is 1. The van der Waals surface area contributed by atoms with E-state index in [0.29, 0.717) is 0 Å². The third kappa shape index (κ3) is 4.00. The maximum Gasteiger partial charge on any atom is 0.248 e. The molecule has 0 bridgehead atoms. The molecule has 0 heterocycles. The van der Waals surface area contributed by atoms with Crippen LogP contribution in [0, 0.1) is 0 Å². The number of nitrogens with one attached hydrogen (secondary N) is 1. The Bertz CT molecular complexity index is 905. The molecule has 1 aliphatic rings. The van der Waals surface area contributed by atoms with Gasteiger partial charge in [0.05, 0.1) is 10.4 Å². The molecule has 3 N–H and O–H groups in total. The zero-order chi connectivity index (χ0) is 18.8. The quantitative estimate of drug-likeness (QED) is 0.748. The van der Waals surface area contributed by atoms with Gasteiger partial charge in [-0.15, -0.1) is 0 Å². The van der Waals surface area contributed by atoms with Gasteiger partial charge in [-0.1, -0.05) is 47.3 Å². The maximum absolute atomic E-state index is 13.0. The molecular weight excluding hydrogens is 416 g/mol. The number of nitrogens with two attached hydrogens (primary N) is 1. The lowest BCUT2D eigenvalue weighted by molar-refractivity contribution is 0.1000. The first-order chi connectivity index (χ1) is 12.3. The number of halogens is 1. The first kappa shape index (κ1) is 19.1. The fourth-order valence-electron chi connectivity index (χ4n) is 3.51. The zero-order valence-electron chi connectivity index (χ0n) is 14.2. The monoisotopic (exact) mass is 436 g/mol. The van der Waals surface area contributed by atoms with Crippen LogP contribution in [0.5, 0.6) is 0 Å². The third-order valence-electron chi connectivity index (χ3n) is 4.86. The van der Waals surface area contributed by atoms with Gasteiger partial charge in [-0.2, -0.15) is 0 Å². The standard InChI is InChI=1S/C19H21BrN2O3S/c20-16-6-4-5-15(13-16)19(11-2-1-3-12-19)22-26(24,25)17-9-7-14(8-10-17)18(21)23/h4-10,13,22H,1-3,11-12H2,(H2,21,23). The van der Waals surface area contributed by atoms with Crippen molar-refractivity contribution in [2.75, 3.05) is 0 Å². The Morgan fingerprint density at radius 3 is 2.27 bits per heavy atom. The first-order valence-electron chi connectivity index (χ1n) is 8.52. The van der Waals surface area contributed by atoms with Gasteiger partial charge in [0.15, 0.2) is 0 Å². The summed E-state index contributed by atoms with van der Waals surface area (Å²) in [5, 5.41) is 0. The summed E-state index contributed by atoms with van der Waals surface area (Å²) in [6.45, 7) is 0. The Kier molecular flexibility index (Phi) is 5.50. The van der Waals surface area contributed by atoms with Gasteiger partial charge in [0.2, 0.25) is 15.9 Å². The van der Waals surface area contributed by atoms with Crippen LogP contribution in [-0.4, -0.2) is 14.3 Å². The van der Waals surface area contributed by atoms with Crippen LogP contribution < -0.4 is 10.5 Å². The van der Waals surface area contributed by atoms with Crippen LogP contribution in [0.15, 0.2) is 57.9 Å². The van der Waals surface area contributed by atoms with E-state index in [2.05, 4.69) is 20.7 Å². The van der Waals surface area contributed by atoms with E-state index in [1.54, 1.807) is 0 Å². The molecule has 0 atom stereocenters. The van der Waals surface area contributed by atoms with Crippen LogP contribution in [0.25, 0.3) is 0 Å². The van der Waals surface area contributed by atoms with Crippen molar-refractivity contribution < 1.29 is 13.2 Å². The lowest BCUT2D eigenvalue weighted by atomic mass is 9.77. The highest BCUT2D eigenvalue weighted by Gasteiger charge is 2.38. The van der Waals surface area contributed by atoms with E-state index in [0.717, 1.165) is 42.1 Å². The summed E-state index contributed by atoms with van der Waals surface area (Å²) in [4.78, 5) is 11.3. The fourth-order valence-corrected chi connectivity index (χ4v) is 5.35. The molecule has 0 aliphatic heterocycles. The zero-order valence-corrected chi connectivity index (χ0v) is 16.6. The van der Waals surface area contributed by atoms with Crippen molar-refractivity contribution in [3.8, 4) is 0 Å². The summed E-state index contributed by atoms with van der Waals surface area (Å²) in [5.74, 6) is -0.584. The van der Waals surface area contributed by atoms with Crippen molar-refractivity contribution in [3.63, 3.8) is 0 Å². The Morgan fingerprint density at radius 1 is 1.04 bits per heavy atom. The number of amides is 1. The van der Waals surface area contributed by atoms with Crippen LogP contribution in [0.3, 0.4) is 0 Å². The number of primary amides is 1. The summed E-state index contributed by atoms with van der Waals surface area (Å²) in [7, 11) is -3.74. The van der Waals surface area contributed by atoms with Gasteiger partial charge in [0, 0.05) is 10.0 Å². The first-order valence-corrected chi connectivity index (χ1v) is 10.8. The molecule has 0 spiro atoms. The van der Waals surface area contributed by atoms with Gasteiger partial charge in [-0.25, -0.2) is 13.1 Å². The van der Waals surface area contributed by atoms with Gasteiger partial charge in [-0.05, 0) is 54.8 Å². The number of rotatable bonds is 5. The number of carbonyl (C=O) groups excluding carboxylic acids is 1. The summed E-state index contributed by atoms with van der Waals surface area (Å²) in [5.41, 5.74) is 5.85. The average Bonchev–Trinajstić information content (AvgIpc) is 2.62. The van der Waals surface area contributed by atoms with Gasteiger partial charge in [0.1, 0.15) is 0 Å².